The van der Waals surface area contributed by atoms with Crippen LogP contribution in [0.1, 0.15) is 12.0 Å². The first-order valence-corrected chi connectivity index (χ1v) is 6.94. The molecular weight excluding hydrogens is 260 g/mol. The van der Waals surface area contributed by atoms with Crippen LogP contribution >= 0.6 is 11.3 Å². The molecule has 0 aliphatic carbocycles. The van der Waals surface area contributed by atoms with Gasteiger partial charge in [-0.05, 0) is 12.0 Å². The van der Waals surface area contributed by atoms with Crippen LogP contribution in [0.3, 0.4) is 0 Å². The van der Waals surface area contributed by atoms with Gasteiger partial charge in [0.15, 0.2) is 5.13 Å². The summed E-state index contributed by atoms with van der Waals surface area (Å²) >= 11 is 1.31. The minimum absolute atomic E-state index is 0.135. The molecule has 1 atom stereocenters. The number of carbonyl (C=O) groups excluding carboxylic acids is 2. The third-order valence-electron chi connectivity index (χ3n) is 3.18. The van der Waals surface area contributed by atoms with E-state index in [2.05, 4.69) is 4.98 Å². The minimum Gasteiger partial charge on any atom is -0.274 e. The SMILES string of the molecule is O=C1CC(Cc2ccccc2)C(=O)N1c1nccs1. The van der Waals surface area contributed by atoms with Crippen molar-refractivity contribution in [2.45, 2.75) is 12.8 Å². The monoisotopic (exact) mass is 272 g/mol. The first-order valence-electron chi connectivity index (χ1n) is 6.06. The molecule has 0 radical (unpaired) electrons. The Morgan fingerprint density at radius 3 is 2.74 bits per heavy atom. The van der Waals surface area contributed by atoms with Gasteiger partial charge in [-0.2, -0.15) is 0 Å². The van der Waals surface area contributed by atoms with Gasteiger partial charge in [-0.1, -0.05) is 30.3 Å². The van der Waals surface area contributed by atoms with Crippen molar-refractivity contribution in [3.05, 3.63) is 47.5 Å². The summed E-state index contributed by atoms with van der Waals surface area (Å²) in [5.74, 6) is -0.552. The van der Waals surface area contributed by atoms with Crippen molar-refractivity contribution in [2.75, 3.05) is 4.90 Å². The number of amides is 2. The maximum atomic E-state index is 12.3. The maximum absolute atomic E-state index is 12.3. The Bertz CT molecular complexity index is 595. The molecule has 4 nitrogen and oxygen atoms in total. The quantitative estimate of drug-likeness (QED) is 0.805. The van der Waals surface area contributed by atoms with Crippen LogP contribution in [-0.2, 0) is 16.0 Å². The summed E-state index contributed by atoms with van der Waals surface area (Å²) in [5, 5.41) is 2.24. The molecular formula is C14H12N2O2S. The molecule has 1 aliphatic rings. The van der Waals surface area contributed by atoms with Crippen molar-refractivity contribution >= 4 is 28.3 Å². The molecule has 5 heteroatoms. The molecule has 1 aromatic carbocycles. The first-order chi connectivity index (χ1) is 9.25. The number of aromatic nitrogens is 1. The lowest BCUT2D eigenvalue weighted by molar-refractivity contribution is -0.122. The van der Waals surface area contributed by atoms with Gasteiger partial charge in [0.25, 0.3) is 0 Å². The average molecular weight is 272 g/mol. The van der Waals surface area contributed by atoms with Gasteiger partial charge in [-0.25, -0.2) is 9.88 Å². The van der Waals surface area contributed by atoms with E-state index in [-0.39, 0.29) is 24.2 Å². The van der Waals surface area contributed by atoms with Crippen LogP contribution in [0.2, 0.25) is 0 Å². The lowest BCUT2D eigenvalue weighted by Gasteiger charge is -2.11. The lowest BCUT2D eigenvalue weighted by atomic mass is 9.98. The predicted molar refractivity (Wildman–Crippen MR) is 72.9 cm³/mol. The third-order valence-corrected chi connectivity index (χ3v) is 3.93. The highest BCUT2D eigenvalue weighted by atomic mass is 32.1. The highest BCUT2D eigenvalue weighted by Gasteiger charge is 2.40. The molecule has 1 unspecified atom stereocenters. The highest BCUT2D eigenvalue weighted by Crippen LogP contribution is 2.29. The number of imide groups is 1. The van der Waals surface area contributed by atoms with E-state index in [9.17, 15) is 9.59 Å². The Kier molecular flexibility index (Phi) is 3.13. The Balaban J connectivity index is 1.79. The van der Waals surface area contributed by atoms with E-state index in [0.29, 0.717) is 11.6 Å². The Labute approximate surface area is 114 Å². The standard InChI is InChI=1S/C14H12N2O2S/c17-12-9-11(8-10-4-2-1-3-5-10)13(18)16(12)14-15-6-7-19-14/h1-7,11H,8-9H2. The number of rotatable bonds is 3. The summed E-state index contributed by atoms with van der Waals surface area (Å²) in [4.78, 5) is 29.5. The molecule has 2 heterocycles. The summed E-state index contributed by atoms with van der Waals surface area (Å²) in [6.45, 7) is 0. The topological polar surface area (TPSA) is 50.3 Å². The second-order valence-corrected chi connectivity index (χ2v) is 5.35. The number of thiazole rings is 1. The zero-order valence-electron chi connectivity index (χ0n) is 10.2. The molecule has 3 rings (SSSR count). The fourth-order valence-corrected chi connectivity index (χ4v) is 2.94. The van der Waals surface area contributed by atoms with Crippen LogP contribution in [0.4, 0.5) is 5.13 Å². The molecule has 1 aliphatic heterocycles. The van der Waals surface area contributed by atoms with Crippen molar-refractivity contribution in [1.82, 2.24) is 4.98 Å². The van der Waals surface area contributed by atoms with Crippen molar-refractivity contribution in [3.63, 3.8) is 0 Å². The molecule has 2 aromatic rings. The van der Waals surface area contributed by atoms with Crippen LogP contribution in [-0.4, -0.2) is 16.8 Å². The zero-order chi connectivity index (χ0) is 13.2. The number of nitrogens with zero attached hydrogens (tertiary/aromatic N) is 2. The Morgan fingerprint density at radius 1 is 1.26 bits per heavy atom. The third kappa shape index (κ3) is 2.29. The van der Waals surface area contributed by atoms with Gasteiger partial charge in [0, 0.05) is 18.0 Å². The molecule has 1 saturated heterocycles. The van der Waals surface area contributed by atoms with Crippen LogP contribution in [0.25, 0.3) is 0 Å². The number of hydrogen-bond acceptors (Lipinski definition) is 4. The molecule has 1 aromatic heterocycles. The molecule has 0 saturated carbocycles. The smallest absolute Gasteiger partial charge is 0.239 e. The largest absolute Gasteiger partial charge is 0.274 e. The van der Waals surface area contributed by atoms with E-state index in [1.807, 2.05) is 30.3 Å². The molecule has 0 N–H and O–H groups in total. The summed E-state index contributed by atoms with van der Waals surface area (Å²) in [6, 6.07) is 9.77. The van der Waals surface area contributed by atoms with Crippen LogP contribution in [0.5, 0.6) is 0 Å². The summed E-state index contributed by atoms with van der Waals surface area (Å²) in [5.41, 5.74) is 1.08. The van der Waals surface area contributed by atoms with Gasteiger partial charge in [0.05, 0.1) is 5.92 Å². The normalized spacial score (nSPS) is 19.2. The van der Waals surface area contributed by atoms with Crippen molar-refractivity contribution in [1.29, 1.82) is 0 Å². The average Bonchev–Trinajstić information content (AvgIpc) is 3.01. The summed E-state index contributed by atoms with van der Waals surface area (Å²) in [6.07, 6.45) is 2.48. The number of hydrogen-bond donors (Lipinski definition) is 0. The van der Waals surface area contributed by atoms with Crippen LogP contribution in [0.15, 0.2) is 41.9 Å². The van der Waals surface area contributed by atoms with Gasteiger partial charge >= 0.3 is 0 Å². The minimum atomic E-state index is -0.265. The number of benzene rings is 1. The van der Waals surface area contributed by atoms with E-state index >= 15 is 0 Å². The van der Waals surface area contributed by atoms with E-state index in [4.69, 9.17) is 0 Å². The summed E-state index contributed by atoms with van der Waals surface area (Å²) in [7, 11) is 0. The molecule has 2 amide bonds. The molecule has 19 heavy (non-hydrogen) atoms. The first kappa shape index (κ1) is 12.0. The van der Waals surface area contributed by atoms with E-state index < -0.39 is 0 Å². The Morgan fingerprint density at radius 2 is 2.05 bits per heavy atom. The van der Waals surface area contributed by atoms with Crippen LogP contribution < -0.4 is 4.90 Å². The van der Waals surface area contributed by atoms with Crippen molar-refractivity contribution in [3.8, 4) is 0 Å². The van der Waals surface area contributed by atoms with E-state index in [1.54, 1.807) is 11.6 Å². The number of carbonyl (C=O) groups is 2. The number of anilines is 1. The van der Waals surface area contributed by atoms with E-state index in [1.165, 1.54) is 16.2 Å². The molecule has 0 bridgehead atoms. The van der Waals surface area contributed by atoms with Crippen molar-refractivity contribution < 1.29 is 9.59 Å². The maximum Gasteiger partial charge on any atom is 0.239 e. The van der Waals surface area contributed by atoms with E-state index in [0.717, 1.165) is 5.56 Å². The molecule has 96 valence electrons. The highest BCUT2D eigenvalue weighted by molar-refractivity contribution is 7.14. The predicted octanol–water partition coefficient (Wildman–Crippen LogP) is 2.27. The van der Waals surface area contributed by atoms with Crippen LogP contribution in [0, 0.1) is 5.92 Å². The van der Waals surface area contributed by atoms with Gasteiger partial charge < -0.3 is 0 Å². The fourth-order valence-electron chi connectivity index (χ4n) is 2.28. The van der Waals surface area contributed by atoms with Gasteiger partial charge in [-0.15, -0.1) is 11.3 Å². The summed E-state index contributed by atoms with van der Waals surface area (Å²) < 4.78 is 0. The van der Waals surface area contributed by atoms with Gasteiger partial charge in [-0.3, -0.25) is 9.59 Å². The Hall–Kier alpha value is -2.01. The second-order valence-electron chi connectivity index (χ2n) is 4.47. The molecule has 1 fully saturated rings. The second kappa shape index (κ2) is 4.93. The zero-order valence-corrected chi connectivity index (χ0v) is 11.0. The van der Waals surface area contributed by atoms with Crippen molar-refractivity contribution in [2.24, 2.45) is 5.92 Å². The lowest BCUT2D eigenvalue weighted by Crippen LogP contribution is -2.30. The molecule has 0 spiro atoms. The van der Waals surface area contributed by atoms with Gasteiger partial charge in [0.1, 0.15) is 0 Å². The van der Waals surface area contributed by atoms with Gasteiger partial charge in [0.2, 0.25) is 11.8 Å². The fraction of sp³-hybridized carbons (Fsp3) is 0.214.